The Bertz CT molecular complexity index is 1220. The lowest BCUT2D eigenvalue weighted by Crippen LogP contribution is -2.48. The van der Waals surface area contributed by atoms with Crippen LogP contribution in [0, 0.1) is 0 Å². The third-order valence-electron chi connectivity index (χ3n) is 6.61. The Balaban J connectivity index is 1.51. The molecule has 1 saturated heterocycles. The maximum Gasteiger partial charge on any atom is 0.416 e. The first-order chi connectivity index (χ1) is 18.2. The fourth-order valence-corrected chi connectivity index (χ4v) is 4.50. The van der Waals surface area contributed by atoms with Gasteiger partial charge < -0.3 is 15.1 Å². The molecule has 10 heteroatoms. The van der Waals surface area contributed by atoms with Crippen LogP contribution in [-0.4, -0.2) is 55.8 Å². The zero-order valence-electron chi connectivity index (χ0n) is 21.4. The molecule has 0 aliphatic carbocycles. The van der Waals surface area contributed by atoms with Crippen molar-refractivity contribution in [1.29, 1.82) is 0 Å². The summed E-state index contributed by atoms with van der Waals surface area (Å²) in [6.07, 6.45) is 6.78. The average molecular weight is 525 g/mol. The van der Waals surface area contributed by atoms with E-state index in [1.165, 1.54) is 24.5 Å². The van der Waals surface area contributed by atoms with Crippen LogP contribution in [0.4, 0.5) is 24.7 Å². The summed E-state index contributed by atoms with van der Waals surface area (Å²) in [4.78, 5) is 30.1. The van der Waals surface area contributed by atoms with Crippen LogP contribution in [0.3, 0.4) is 0 Å². The fraction of sp³-hybridized carbons (Fsp3) is 0.357. The Kier molecular flexibility index (Phi) is 8.73. The molecule has 7 nitrogen and oxygen atoms in total. The number of benzene rings is 1. The van der Waals surface area contributed by atoms with Gasteiger partial charge in [0.2, 0.25) is 5.91 Å². The number of likely N-dealkylation sites (tertiary alicyclic amines) is 1. The summed E-state index contributed by atoms with van der Waals surface area (Å²) < 4.78 is 38.6. The zero-order valence-corrected chi connectivity index (χ0v) is 21.4. The van der Waals surface area contributed by atoms with E-state index in [9.17, 15) is 18.0 Å². The van der Waals surface area contributed by atoms with E-state index in [4.69, 9.17) is 0 Å². The molecule has 2 aromatic heterocycles. The Hall–Kier alpha value is -3.79. The highest BCUT2D eigenvalue weighted by Gasteiger charge is 2.30. The van der Waals surface area contributed by atoms with E-state index in [1.54, 1.807) is 30.7 Å². The number of piperidine rings is 1. The summed E-state index contributed by atoms with van der Waals surface area (Å²) in [7, 11) is 0. The van der Waals surface area contributed by atoms with Gasteiger partial charge in [0.05, 0.1) is 17.4 Å². The number of nitrogens with zero attached hydrogens (tertiary/aromatic N) is 5. The molecule has 3 aromatic rings. The lowest BCUT2D eigenvalue weighted by atomic mass is 10.0. The highest BCUT2D eigenvalue weighted by molar-refractivity contribution is 5.92. The van der Waals surface area contributed by atoms with Crippen molar-refractivity contribution in [2.45, 2.75) is 51.5 Å². The SMILES string of the molecule is CC(C)N1CCC(N(Cc2cncc(Nc3ccncn3)c2)C(=O)C=Cc2ccc(C(F)(F)F)cc2)CC1. The van der Waals surface area contributed by atoms with Gasteiger partial charge in [-0.25, -0.2) is 9.97 Å². The molecule has 1 aliphatic rings. The normalized spacial score (nSPS) is 15.2. The maximum absolute atomic E-state index is 13.4. The molecule has 200 valence electrons. The van der Waals surface area contributed by atoms with Crippen LogP contribution in [0.2, 0.25) is 0 Å². The molecule has 0 radical (unpaired) electrons. The van der Waals surface area contributed by atoms with Gasteiger partial charge >= 0.3 is 6.18 Å². The van der Waals surface area contributed by atoms with Crippen LogP contribution in [0.5, 0.6) is 0 Å². The number of hydrogen-bond acceptors (Lipinski definition) is 6. The molecule has 0 unspecified atom stereocenters. The molecule has 0 spiro atoms. The standard InChI is InChI=1S/C28H31F3N6O/c1-20(2)36-13-10-25(11-14-36)37(27(38)8-5-21-3-6-23(7-4-21)28(29,30)31)18-22-15-24(17-33-16-22)35-26-9-12-32-19-34-26/h3-9,12,15-17,19-20,25H,10-11,13-14,18H2,1-2H3,(H,32,34,35). The molecule has 1 amide bonds. The molecular formula is C28H31F3N6O. The smallest absolute Gasteiger partial charge is 0.339 e. The fourth-order valence-electron chi connectivity index (χ4n) is 4.50. The number of amides is 1. The van der Waals surface area contributed by atoms with Gasteiger partial charge in [-0.3, -0.25) is 9.78 Å². The number of anilines is 2. The number of alkyl halides is 3. The number of nitrogens with one attached hydrogen (secondary N) is 1. The molecule has 0 bridgehead atoms. The van der Waals surface area contributed by atoms with Crippen LogP contribution >= 0.6 is 0 Å². The van der Waals surface area contributed by atoms with E-state index in [2.05, 4.69) is 39.0 Å². The Labute approximate surface area is 220 Å². The van der Waals surface area contributed by atoms with E-state index < -0.39 is 11.7 Å². The molecule has 0 atom stereocenters. The third-order valence-corrected chi connectivity index (χ3v) is 6.61. The minimum Gasteiger partial charge on any atom is -0.339 e. The summed E-state index contributed by atoms with van der Waals surface area (Å²) in [6, 6.07) is 8.92. The second-order valence-corrected chi connectivity index (χ2v) is 9.58. The first kappa shape index (κ1) is 27.3. The van der Waals surface area contributed by atoms with Crippen LogP contribution in [-0.2, 0) is 17.5 Å². The number of aromatic nitrogens is 3. The highest BCUT2D eigenvalue weighted by atomic mass is 19.4. The van der Waals surface area contributed by atoms with Gasteiger partial charge in [0.25, 0.3) is 0 Å². The second kappa shape index (κ2) is 12.2. The topological polar surface area (TPSA) is 74.2 Å². The number of hydrogen-bond donors (Lipinski definition) is 1. The van der Waals surface area contributed by atoms with Gasteiger partial charge in [-0.1, -0.05) is 12.1 Å². The summed E-state index contributed by atoms with van der Waals surface area (Å²) in [6.45, 7) is 6.47. The average Bonchev–Trinajstić information content (AvgIpc) is 2.91. The van der Waals surface area contributed by atoms with E-state index in [-0.39, 0.29) is 11.9 Å². The van der Waals surface area contributed by atoms with Crippen molar-refractivity contribution in [2.24, 2.45) is 0 Å². The first-order valence-corrected chi connectivity index (χ1v) is 12.6. The Morgan fingerprint density at radius 3 is 2.50 bits per heavy atom. The third kappa shape index (κ3) is 7.38. The van der Waals surface area contributed by atoms with Gasteiger partial charge in [0.1, 0.15) is 12.1 Å². The van der Waals surface area contributed by atoms with Crippen molar-refractivity contribution in [3.05, 3.63) is 84.1 Å². The van der Waals surface area contributed by atoms with Gasteiger partial charge in [-0.15, -0.1) is 0 Å². The van der Waals surface area contributed by atoms with E-state index in [1.807, 2.05) is 11.0 Å². The van der Waals surface area contributed by atoms with Gasteiger partial charge in [-0.2, -0.15) is 13.2 Å². The monoisotopic (exact) mass is 524 g/mol. The number of pyridine rings is 1. The second-order valence-electron chi connectivity index (χ2n) is 9.58. The van der Waals surface area contributed by atoms with E-state index in [0.29, 0.717) is 24.0 Å². The van der Waals surface area contributed by atoms with Crippen LogP contribution in [0.25, 0.3) is 6.08 Å². The van der Waals surface area contributed by atoms with Crippen molar-refractivity contribution >= 4 is 23.5 Å². The van der Waals surface area contributed by atoms with Gasteiger partial charge in [0.15, 0.2) is 0 Å². The molecule has 4 rings (SSSR count). The van der Waals surface area contributed by atoms with Crippen molar-refractivity contribution in [3.8, 4) is 0 Å². The lowest BCUT2D eigenvalue weighted by molar-refractivity contribution is -0.137. The lowest BCUT2D eigenvalue weighted by Gasteiger charge is -2.39. The summed E-state index contributed by atoms with van der Waals surface area (Å²) in [5.74, 6) is 0.439. The Morgan fingerprint density at radius 2 is 1.87 bits per heavy atom. The van der Waals surface area contributed by atoms with Crippen molar-refractivity contribution in [1.82, 2.24) is 24.8 Å². The quantitative estimate of drug-likeness (QED) is 0.390. The largest absolute Gasteiger partial charge is 0.416 e. The number of halogens is 3. The van der Waals surface area contributed by atoms with Crippen LogP contribution in [0.1, 0.15) is 43.4 Å². The van der Waals surface area contributed by atoms with Crippen LogP contribution in [0.15, 0.2) is 67.4 Å². The predicted molar refractivity (Wildman–Crippen MR) is 140 cm³/mol. The molecular weight excluding hydrogens is 493 g/mol. The minimum atomic E-state index is -4.40. The Morgan fingerprint density at radius 1 is 1.13 bits per heavy atom. The van der Waals surface area contributed by atoms with E-state index >= 15 is 0 Å². The molecule has 0 saturated carbocycles. The number of carbonyl (C=O) groups is 1. The zero-order chi connectivity index (χ0) is 27.1. The van der Waals surface area contributed by atoms with Crippen LogP contribution < -0.4 is 5.32 Å². The molecule has 1 fully saturated rings. The predicted octanol–water partition coefficient (Wildman–Crippen LogP) is 5.55. The van der Waals surface area contributed by atoms with E-state index in [0.717, 1.165) is 49.3 Å². The van der Waals surface area contributed by atoms with Gasteiger partial charge in [0, 0.05) is 50.2 Å². The minimum absolute atomic E-state index is 0.0354. The summed E-state index contributed by atoms with van der Waals surface area (Å²) >= 11 is 0. The molecule has 3 heterocycles. The first-order valence-electron chi connectivity index (χ1n) is 12.6. The molecule has 1 N–H and O–H groups in total. The van der Waals surface area contributed by atoms with Gasteiger partial charge in [-0.05, 0) is 68.2 Å². The van der Waals surface area contributed by atoms with Crippen molar-refractivity contribution < 1.29 is 18.0 Å². The number of carbonyl (C=O) groups excluding carboxylic acids is 1. The van der Waals surface area contributed by atoms with Crippen molar-refractivity contribution in [2.75, 3.05) is 18.4 Å². The molecule has 1 aliphatic heterocycles. The molecule has 38 heavy (non-hydrogen) atoms. The highest BCUT2D eigenvalue weighted by Crippen LogP contribution is 2.29. The van der Waals surface area contributed by atoms with Crippen molar-refractivity contribution in [3.63, 3.8) is 0 Å². The summed E-state index contributed by atoms with van der Waals surface area (Å²) in [5.41, 5.74) is 1.40. The maximum atomic E-state index is 13.4. The molecule has 1 aromatic carbocycles. The summed E-state index contributed by atoms with van der Waals surface area (Å²) in [5, 5.41) is 3.19. The number of rotatable bonds is 8.